The molecule has 9 heteroatoms. The zero-order valence-corrected chi connectivity index (χ0v) is 11.3. The van der Waals surface area contributed by atoms with Crippen LogP contribution in [-0.4, -0.2) is 16.4 Å². The SMILES string of the molecule is Nc1c2c(cc(=O)n1-c1ccc(C(F)(F)F)cc1)C(=O)NC2=O. The standard InChI is InChI=1S/C14H8F3N3O3/c15-14(16,17)6-1-3-7(4-2-6)20-9(21)5-8-10(11(20)18)13(23)19-12(8)22/h1-5H,18H2,(H,19,22,23). The Hall–Kier alpha value is -3.10. The van der Waals surface area contributed by atoms with Crippen molar-refractivity contribution in [1.82, 2.24) is 9.88 Å². The molecule has 0 saturated carbocycles. The van der Waals surface area contributed by atoms with E-state index in [1.807, 2.05) is 5.32 Å². The van der Waals surface area contributed by atoms with Crippen LogP contribution in [0.4, 0.5) is 19.0 Å². The fourth-order valence-corrected chi connectivity index (χ4v) is 2.35. The molecule has 2 heterocycles. The maximum Gasteiger partial charge on any atom is 0.416 e. The Morgan fingerprint density at radius 1 is 1.00 bits per heavy atom. The first-order valence-electron chi connectivity index (χ1n) is 6.29. The van der Waals surface area contributed by atoms with Crippen molar-refractivity contribution >= 4 is 17.6 Å². The summed E-state index contributed by atoms with van der Waals surface area (Å²) in [5, 5.41) is 2.00. The Morgan fingerprint density at radius 2 is 1.61 bits per heavy atom. The highest BCUT2D eigenvalue weighted by molar-refractivity contribution is 6.23. The molecule has 1 aliphatic heterocycles. The zero-order chi connectivity index (χ0) is 16.9. The number of pyridine rings is 1. The molecule has 3 rings (SSSR count). The van der Waals surface area contributed by atoms with Crippen molar-refractivity contribution in [2.75, 3.05) is 5.73 Å². The largest absolute Gasteiger partial charge is 0.416 e. The Kier molecular flexibility index (Phi) is 3.03. The van der Waals surface area contributed by atoms with Crippen LogP contribution in [0.15, 0.2) is 35.1 Å². The molecule has 3 N–H and O–H groups in total. The number of nitrogens with zero attached hydrogens (tertiary/aromatic N) is 1. The van der Waals surface area contributed by atoms with Gasteiger partial charge in [0, 0.05) is 6.07 Å². The molecule has 0 aliphatic carbocycles. The number of aromatic nitrogens is 1. The fraction of sp³-hybridized carbons (Fsp3) is 0.0714. The van der Waals surface area contributed by atoms with Gasteiger partial charge in [-0.15, -0.1) is 0 Å². The number of carbonyl (C=O) groups is 2. The molecule has 0 atom stereocenters. The van der Waals surface area contributed by atoms with Crippen molar-refractivity contribution in [2.24, 2.45) is 0 Å². The molecule has 0 bridgehead atoms. The fourth-order valence-electron chi connectivity index (χ4n) is 2.35. The molecule has 2 aromatic rings. The van der Waals surface area contributed by atoms with E-state index in [4.69, 9.17) is 5.73 Å². The van der Waals surface area contributed by atoms with Crippen LogP contribution >= 0.6 is 0 Å². The predicted molar refractivity (Wildman–Crippen MR) is 73.3 cm³/mol. The van der Waals surface area contributed by atoms with Gasteiger partial charge in [-0.3, -0.25) is 24.3 Å². The zero-order valence-electron chi connectivity index (χ0n) is 11.3. The second kappa shape index (κ2) is 4.70. The number of nitrogen functional groups attached to an aromatic ring is 1. The number of carbonyl (C=O) groups excluding carboxylic acids is 2. The van der Waals surface area contributed by atoms with Gasteiger partial charge in [-0.1, -0.05) is 0 Å². The predicted octanol–water partition coefficient (Wildman–Crippen LogP) is 1.32. The first kappa shape index (κ1) is 14.8. The van der Waals surface area contributed by atoms with Crippen molar-refractivity contribution < 1.29 is 22.8 Å². The van der Waals surface area contributed by atoms with Gasteiger partial charge >= 0.3 is 6.18 Å². The Balaban J connectivity index is 2.19. The molecule has 118 valence electrons. The molecule has 0 saturated heterocycles. The molecule has 6 nitrogen and oxygen atoms in total. The summed E-state index contributed by atoms with van der Waals surface area (Å²) >= 11 is 0. The summed E-state index contributed by atoms with van der Waals surface area (Å²) in [7, 11) is 0. The van der Waals surface area contributed by atoms with E-state index in [0.29, 0.717) is 0 Å². The Morgan fingerprint density at radius 3 is 2.17 bits per heavy atom. The van der Waals surface area contributed by atoms with E-state index >= 15 is 0 Å². The summed E-state index contributed by atoms with van der Waals surface area (Å²) in [5.74, 6) is -1.81. The second-order valence-corrected chi connectivity index (χ2v) is 4.82. The molecule has 0 fully saturated rings. The highest BCUT2D eigenvalue weighted by Gasteiger charge is 2.32. The third-order valence-corrected chi connectivity index (χ3v) is 3.41. The number of halogens is 3. The summed E-state index contributed by atoms with van der Waals surface area (Å²) in [6.45, 7) is 0. The summed E-state index contributed by atoms with van der Waals surface area (Å²) in [5.41, 5.74) is 3.88. The van der Waals surface area contributed by atoms with E-state index in [2.05, 4.69) is 0 Å². The molecular formula is C14H8F3N3O3. The van der Waals surface area contributed by atoms with Gasteiger partial charge in [-0.25, -0.2) is 0 Å². The van der Waals surface area contributed by atoms with Crippen molar-refractivity contribution in [2.45, 2.75) is 6.18 Å². The minimum atomic E-state index is -4.51. The average molecular weight is 323 g/mol. The van der Waals surface area contributed by atoms with Crippen molar-refractivity contribution in [1.29, 1.82) is 0 Å². The number of hydrogen-bond donors (Lipinski definition) is 2. The quantitative estimate of drug-likeness (QED) is 0.774. The monoisotopic (exact) mass is 323 g/mol. The lowest BCUT2D eigenvalue weighted by molar-refractivity contribution is -0.137. The molecule has 1 aromatic heterocycles. The number of hydrogen-bond acceptors (Lipinski definition) is 4. The van der Waals surface area contributed by atoms with Crippen LogP contribution < -0.4 is 16.6 Å². The summed E-state index contributed by atoms with van der Waals surface area (Å²) in [6.07, 6.45) is -4.51. The third kappa shape index (κ3) is 2.26. The maximum atomic E-state index is 12.6. The van der Waals surface area contributed by atoms with Gasteiger partial charge in [-0.2, -0.15) is 13.2 Å². The molecule has 0 unspecified atom stereocenters. The van der Waals surface area contributed by atoms with Gasteiger partial charge in [0.1, 0.15) is 5.82 Å². The minimum absolute atomic E-state index is 0.0513. The van der Waals surface area contributed by atoms with Crippen LogP contribution in [0, 0.1) is 0 Å². The van der Waals surface area contributed by atoms with Gasteiger partial charge < -0.3 is 5.73 Å². The van der Waals surface area contributed by atoms with Crippen LogP contribution in [0.2, 0.25) is 0 Å². The summed E-state index contributed by atoms with van der Waals surface area (Å²) in [6, 6.07) is 4.62. The van der Waals surface area contributed by atoms with Crippen LogP contribution in [-0.2, 0) is 6.18 Å². The lowest BCUT2D eigenvalue weighted by Gasteiger charge is -2.13. The van der Waals surface area contributed by atoms with Crippen LogP contribution in [0.25, 0.3) is 5.69 Å². The first-order valence-corrected chi connectivity index (χ1v) is 6.29. The van der Waals surface area contributed by atoms with Crippen LogP contribution in [0.1, 0.15) is 26.3 Å². The molecule has 2 amide bonds. The summed E-state index contributed by atoms with van der Waals surface area (Å²) in [4.78, 5) is 35.3. The lowest BCUT2D eigenvalue weighted by atomic mass is 10.1. The number of fused-ring (bicyclic) bond motifs is 1. The first-order chi connectivity index (χ1) is 10.7. The number of nitrogens with one attached hydrogen (secondary N) is 1. The van der Waals surface area contributed by atoms with Crippen molar-refractivity contribution in [3.63, 3.8) is 0 Å². The van der Waals surface area contributed by atoms with Crippen LogP contribution in [0.3, 0.4) is 0 Å². The Bertz CT molecular complexity index is 898. The van der Waals surface area contributed by atoms with Crippen molar-refractivity contribution in [3.8, 4) is 5.69 Å². The second-order valence-electron chi connectivity index (χ2n) is 4.82. The van der Waals surface area contributed by atoms with E-state index in [1.165, 1.54) is 0 Å². The highest BCUT2D eigenvalue weighted by atomic mass is 19.4. The number of imide groups is 1. The Labute approximate surface area is 126 Å². The smallest absolute Gasteiger partial charge is 0.384 e. The van der Waals surface area contributed by atoms with Crippen LogP contribution in [0.5, 0.6) is 0 Å². The molecule has 1 aliphatic rings. The number of alkyl halides is 3. The minimum Gasteiger partial charge on any atom is -0.384 e. The summed E-state index contributed by atoms with van der Waals surface area (Å²) < 4.78 is 38.6. The normalized spacial score (nSPS) is 13.9. The van der Waals surface area contributed by atoms with Gasteiger partial charge in [0.15, 0.2) is 0 Å². The van der Waals surface area contributed by atoms with E-state index in [0.717, 1.165) is 34.9 Å². The third-order valence-electron chi connectivity index (χ3n) is 3.41. The molecule has 0 spiro atoms. The van der Waals surface area contributed by atoms with E-state index < -0.39 is 29.1 Å². The van der Waals surface area contributed by atoms with Gasteiger partial charge in [0.25, 0.3) is 17.4 Å². The van der Waals surface area contributed by atoms with Gasteiger partial charge in [0.05, 0.1) is 22.4 Å². The number of nitrogens with two attached hydrogens (primary N) is 1. The van der Waals surface area contributed by atoms with E-state index in [-0.39, 0.29) is 22.6 Å². The molecular weight excluding hydrogens is 315 g/mol. The number of amides is 2. The number of anilines is 1. The molecule has 1 aromatic carbocycles. The molecule has 23 heavy (non-hydrogen) atoms. The van der Waals surface area contributed by atoms with E-state index in [9.17, 15) is 27.6 Å². The van der Waals surface area contributed by atoms with Gasteiger partial charge in [0.2, 0.25) is 0 Å². The average Bonchev–Trinajstić information content (AvgIpc) is 2.73. The topological polar surface area (TPSA) is 94.2 Å². The van der Waals surface area contributed by atoms with E-state index in [1.54, 1.807) is 0 Å². The van der Waals surface area contributed by atoms with Gasteiger partial charge in [-0.05, 0) is 24.3 Å². The van der Waals surface area contributed by atoms with Crippen molar-refractivity contribution in [3.05, 3.63) is 57.4 Å². The highest BCUT2D eigenvalue weighted by Crippen LogP contribution is 2.30. The number of rotatable bonds is 1. The lowest BCUT2D eigenvalue weighted by Crippen LogP contribution is -2.24. The number of benzene rings is 1. The molecule has 0 radical (unpaired) electrons. The maximum absolute atomic E-state index is 12.6.